The monoisotopic (exact) mass is 390 g/mol. The van der Waals surface area contributed by atoms with Gasteiger partial charge in [-0.1, -0.05) is 41.9 Å². The normalized spacial score (nSPS) is 16.7. The summed E-state index contributed by atoms with van der Waals surface area (Å²) in [5.74, 6) is 0.183. The minimum Gasteiger partial charge on any atom is -0.479 e. The standard InChI is InChI=1S/C21H24ClFN2O2/c1-15(27-20-9-5-3-7-18(20)22)21(26)24-17-10-12-25(13-11-17)14-16-6-2-4-8-19(16)23/h2-9,15,17H,10-14H2,1H3,(H,24,26)/t15-/m1/s1. The smallest absolute Gasteiger partial charge is 0.260 e. The number of amides is 1. The number of likely N-dealkylation sites (tertiary alicyclic amines) is 1. The molecule has 6 heteroatoms. The van der Waals surface area contributed by atoms with E-state index in [1.54, 1.807) is 25.1 Å². The van der Waals surface area contributed by atoms with Crippen molar-refractivity contribution in [2.75, 3.05) is 13.1 Å². The molecule has 1 saturated heterocycles. The van der Waals surface area contributed by atoms with Gasteiger partial charge in [-0.05, 0) is 38.0 Å². The fourth-order valence-corrected chi connectivity index (χ4v) is 3.39. The Labute approximate surface area is 164 Å². The first-order chi connectivity index (χ1) is 13.0. The molecular weight excluding hydrogens is 367 g/mol. The van der Waals surface area contributed by atoms with E-state index in [1.165, 1.54) is 6.07 Å². The second kappa shape index (κ2) is 9.20. The number of piperidine rings is 1. The minimum atomic E-state index is -0.624. The van der Waals surface area contributed by atoms with Crippen LogP contribution in [-0.2, 0) is 11.3 Å². The van der Waals surface area contributed by atoms with Gasteiger partial charge in [0.05, 0.1) is 5.02 Å². The second-order valence-electron chi connectivity index (χ2n) is 6.84. The molecule has 1 N–H and O–H groups in total. The van der Waals surface area contributed by atoms with Crippen molar-refractivity contribution in [1.29, 1.82) is 0 Å². The van der Waals surface area contributed by atoms with Gasteiger partial charge in [0.2, 0.25) is 0 Å². The Balaban J connectivity index is 1.45. The van der Waals surface area contributed by atoms with Crippen LogP contribution in [0.3, 0.4) is 0 Å². The number of rotatable bonds is 6. The average molecular weight is 391 g/mol. The zero-order valence-corrected chi connectivity index (χ0v) is 16.1. The van der Waals surface area contributed by atoms with Crippen LogP contribution in [0.15, 0.2) is 48.5 Å². The lowest BCUT2D eigenvalue weighted by atomic mass is 10.0. The van der Waals surface area contributed by atoms with Gasteiger partial charge in [-0.25, -0.2) is 4.39 Å². The van der Waals surface area contributed by atoms with Crippen LogP contribution in [0.25, 0.3) is 0 Å². The predicted octanol–water partition coefficient (Wildman–Crippen LogP) is 4.03. The number of halogens is 2. The number of hydrogen-bond donors (Lipinski definition) is 1. The predicted molar refractivity (Wildman–Crippen MR) is 104 cm³/mol. The number of carbonyl (C=O) groups excluding carboxylic acids is 1. The lowest BCUT2D eigenvalue weighted by Gasteiger charge is -2.33. The fraction of sp³-hybridized carbons (Fsp3) is 0.381. The third kappa shape index (κ3) is 5.44. The first-order valence-electron chi connectivity index (χ1n) is 9.20. The summed E-state index contributed by atoms with van der Waals surface area (Å²) >= 11 is 6.07. The molecule has 27 heavy (non-hydrogen) atoms. The molecule has 2 aromatic carbocycles. The highest BCUT2D eigenvalue weighted by Gasteiger charge is 2.24. The van der Waals surface area contributed by atoms with E-state index < -0.39 is 6.10 Å². The van der Waals surface area contributed by atoms with Crippen LogP contribution < -0.4 is 10.1 Å². The highest BCUT2D eigenvalue weighted by molar-refractivity contribution is 6.32. The van der Waals surface area contributed by atoms with Crippen molar-refractivity contribution in [3.05, 3.63) is 64.9 Å². The van der Waals surface area contributed by atoms with Crippen molar-refractivity contribution >= 4 is 17.5 Å². The van der Waals surface area contributed by atoms with Gasteiger partial charge in [0.15, 0.2) is 6.10 Å². The van der Waals surface area contributed by atoms with E-state index in [0.717, 1.165) is 25.9 Å². The van der Waals surface area contributed by atoms with Gasteiger partial charge >= 0.3 is 0 Å². The zero-order chi connectivity index (χ0) is 19.2. The Morgan fingerprint density at radius 3 is 2.59 bits per heavy atom. The molecule has 0 aliphatic carbocycles. The maximum absolute atomic E-state index is 13.8. The number of benzene rings is 2. The van der Waals surface area contributed by atoms with Gasteiger partial charge in [0, 0.05) is 31.2 Å². The van der Waals surface area contributed by atoms with E-state index in [9.17, 15) is 9.18 Å². The van der Waals surface area contributed by atoms with Crippen LogP contribution in [0.2, 0.25) is 5.02 Å². The molecule has 1 aliphatic heterocycles. The molecular formula is C21H24ClFN2O2. The van der Waals surface area contributed by atoms with Gasteiger partial charge in [0.1, 0.15) is 11.6 Å². The van der Waals surface area contributed by atoms with Crippen molar-refractivity contribution in [3.63, 3.8) is 0 Å². The van der Waals surface area contributed by atoms with Crippen LogP contribution in [0.4, 0.5) is 4.39 Å². The van der Waals surface area contributed by atoms with Crippen molar-refractivity contribution in [2.45, 2.75) is 38.5 Å². The molecule has 0 aromatic heterocycles. The highest BCUT2D eigenvalue weighted by Crippen LogP contribution is 2.24. The summed E-state index contributed by atoms with van der Waals surface area (Å²) < 4.78 is 19.4. The molecule has 144 valence electrons. The Hall–Kier alpha value is -2.11. The molecule has 1 atom stereocenters. The highest BCUT2D eigenvalue weighted by atomic mass is 35.5. The summed E-state index contributed by atoms with van der Waals surface area (Å²) in [6.45, 7) is 3.95. The molecule has 0 radical (unpaired) electrons. The molecule has 1 aliphatic rings. The third-order valence-corrected chi connectivity index (χ3v) is 5.11. The fourth-order valence-electron chi connectivity index (χ4n) is 3.21. The summed E-state index contributed by atoms with van der Waals surface area (Å²) in [5, 5.41) is 3.53. The van der Waals surface area contributed by atoms with Gasteiger partial charge in [-0.15, -0.1) is 0 Å². The van der Waals surface area contributed by atoms with E-state index in [2.05, 4.69) is 10.2 Å². The molecule has 0 spiro atoms. The van der Waals surface area contributed by atoms with Gasteiger partial charge in [0.25, 0.3) is 5.91 Å². The average Bonchev–Trinajstić information content (AvgIpc) is 2.67. The van der Waals surface area contributed by atoms with Crippen LogP contribution in [-0.4, -0.2) is 36.0 Å². The first-order valence-corrected chi connectivity index (χ1v) is 9.58. The van der Waals surface area contributed by atoms with Gasteiger partial charge < -0.3 is 10.1 Å². The number of nitrogens with one attached hydrogen (secondary N) is 1. The molecule has 3 rings (SSSR count). The minimum absolute atomic E-state index is 0.103. The SMILES string of the molecule is C[C@@H](Oc1ccccc1Cl)C(=O)NC1CCN(Cc2ccccc2F)CC1. The van der Waals surface area contributed by atoms with Crippen LogP contribution in [0.5, 0.6) is 5.75 Å². The van der Waals surface area contributed by atoms with Gasteiger partial charge in [-0.2, -0.15) is 0 Å². The van der Waals surface area contributed by atoms with Crippen molar-refractivity contribution in [3.8, 4) is 5.75 Å². The number of para-hydroxylation sites is 1. The molecule has 1 heterocycles. The van der Waals surface area contributed by atoms with Crippen molar-refractivity contribution < 1.29 is 13.9 Å². The second-order valence-corrected chi connectivity index (χ2v) is 7.25. The first kappa shape index (κ1) is 19.6. The third-order valence-electron chi connectivity index (χ3n) is 4.80. The molecule has 0 unspecified atom stereocenters. The van der Waals surface area contributed by atoms with E-state index in [0.29, 0.717) is 22.9 Å². The molecule has 2 aromatic rings. The van der Waals surface area contributed by atoms with E-state index in [1.807, 2.05) is 24.3 Å². The summed E-state index contributed by atoms with van der Waals surface area (Å²) in [6.07, 6.45) is 1.04. The summed E-state index contributed by atoms with van der Waals surface area (Å²) in [7, 11) is 0. The Morgan fingerprint density at radius 2 is 1.89 bits per heavy atom. The topological polar surface area (TPSA) is 41.6 Å². The quantitative estimate of drug-likeness (QED) is 0.809. The van der Waals surface area contributed by atoms with Crippen LogP contribution >= 0.6 is 11.6 Å². The number of carbonyl (C=O) groups is 1. The van der Waals surface area contributed by atoms with Crippen LogP contribution in [0, 0.1) is 5.82 Å². The van der Waals surface area contributed by atoms with E-state index in [-0.39, 0.29) is 17.8 Å². The van der Waals surface area contributed by atoms with E-state index in [4.69, 9.17) is 16.3 Å². The summed E-state index contributed by atoms with van der Waals surface area (Å²) in [5.41, 5.74) is 0.710. The maximum Gasteiger partial charge on any atom is 0.260 e. The molecule has 0 bridgehead atoms. The number of nitrogens with zero attached hydrogens (tertiary/aromatic N) is 1. The molecule has 1 amide bonds. The van der Waals surface area contributed by atoms with Crippen molar-refractivity contribution in [1.82, 2.24) is 10.2 Å². The number of ether oxygens (including phenoxy) is 1. The molecule has 4 nitrogen and oxygen atoms in total. The lowest BCUT2D eigenvalue weighted by Crippen LogP contribution is -2.47. The van der Waals surface area contributed by atoms with Gasteiger partial charge in [-0.3, -0.25) is 9.69 Å². The zero-order valence-electron chi connectivity index (χ0n) is 15.3. The largest absolute Gasteiger partial charge is 0.479 e. The number of hydrogen-bond acceptors (Lipinski definition) is 3. The molecule has 0 saturated carbocycles. The summed E-state index contributed by atoms with van der Waals surface area (Å²) in [4.78, 5) is 14.6. The van der Waals surface area contributed by atoms with E-state index >= 15 is 0 Å². The lowest BCUT2D eigenvalue weighted by molar-refractivity contribution is -0.128. The summed E-state index contributed by atoms with van der Waals surface area (Å²) in [6, 6.07) is 14.1. The maximum atomic E-state index is 13.8. The molecule has 1 fully saturated rings. The Morgan fingerprint density at radius 1 is 1.22 bits per heavy atom. The Kier molecular flexibility index (Phi) is 6.69. The Bertz CT molecular complexity index is 778. The van der Waals surface area contributed by atoms with Crippen molar-refractivity contribution in [2.24, 2.45) is 0 Å². The van der Waals surface area contributed by atoms with Crippen LogP contribution in [0.1, 0.15) is 25.3 Å².